The Kier molecular flexibility index (Phi) is 5.08. The number of nitro benzene ring substituents is 1. The number of hydrogen-bond acceptors (Lipinski definition) is 5. The third-order valence-electron chi connectivity index (χ3n) is 3.39. The highest BCUT2D eigenvalue weighted by atomic mass is 127. The van der Waals surface area contributed by atoms with Gasteiger partial charge >= 0.3 is 0 Å². The number of ether oxygens (including phenoxy) is 1. The highest BCUT2D eigenvalue weighted by Gasteiger charge is 2.16. The first-order valence-corrected chi connectivity index (χ1v) is 8.33. The van der Waals surface area contributed by atoms with Crippen molar-refractivity contribution in [1.82, 2.24) is 4.98 Å². The molecule has 0 saturated heterocycles. The molecule has 1 heterocycles. The van der Waals surface area contributed by atoms with Gasteiger partial charge in [0, 0.05) is 21.5 Å². The van der Waals surface area contributed by atoms with E-state index in [4.69, 9.17) is 4.74 Å². The Bertz CT molecular complexity index is 944. The third kappa shape index (κ3) is 4.02. The van der Waals surface area contributed by atoms with E-state index < -0.39 is 4.92 Å². The monoisotopic (exact) mass is 449 g/mol. The molecule has 2 aromatic carbocycles. The van der Waals surface area contributed by atoms with E-state index in [2.05, 4.69) is 32.9 Å². The SMILES string of the molecule is O=C(COc1ccc([N+](=O)[O-])c2cccnc12)Nc1ccc(I)cc1. The van der Waals surface area contributed by atoms with Crippen LogP contribution in [0.4, 0.5) is 11.4 Å². The predicted molar refractivity (Wildman–Crippen MR) is 102 cm³/mol. The van der Waals surface area contributed by atoms with Crippen LogP contribution in [0.15, 0.2) is 54.7 Å². The Morgan fingerprint density at radius 1 is 1.20 bits per heavy atom. The molecule has 8 heteroatoms. The zero-order chi connectivity index (χ0) is 17.8. The number of carbonyl (C=O) groups excluding carboxylic acids is 1. The molecule has 0 saturated carbocycles. The summed E-state index contributed by atoms with van der Waals surface area (Å²) in [5.74, 6) is -0.0115. The number of pyridine rings is 1. The number of nitrogens with zero attached hydrogens (tertiary/aromatic N) is 2. The lowest BCUT2D eigenvalue weighted by atomic mass is 10.1. The first-order valence-electron chi connectivity index (χ1n) is 7.25. The van der Waals surface area contributed by atoms with E-state index in [0.29, 0.717) is 22.3 Å². The van der Waals surface area contributed by atoms with Gasteiger partial charge in [-0.05, 0) is 65.1 Å². The molecular weight excluding hydrogens is 437 g/mol. The number of nitro groups is 1. The number of benzene rings is 2. The number of nitrogens with one attached hydrogen (secondary N) is 1. The van der Waals surface area contributed by atoms with Gasteiger partial charge in [-0.15, -0.1) is 0 Å². The zero-order valence-corrected chi connectivity index (χ0v) is 15.0. The van der Waals surface area contributed by atoms with Crippen molar-refractivity contribution in [1.29, 1.82) is 0 Å². The van der Waals surface area contributed by atoms with Gasteiger partial charge in [0.25, 0.3) is 11.6 Å². The maximum absolute atomic E-state index is 12.0. The molecule has 0 radical (unpaired) electrons. The summed E-state index contributed by atoms with van der Waals surface area (Å²) in [6.45, 7) is -0.227. The molecule has 126 valence electrons. The van der Waals surface area contributed by atoms with Crippen LogP contribution in [-0.2, 0) is 4.79 Å². The standard InChI is InChI=1S/C17H12IN3O4/c18-11-3-5-12(6-4-11)20-16(22)10-25-15-8-7-14(21(23)24)13-2-1-9-19-17(13)15/h1-9H,10H2,(H,20,22). The Balaban J connectivity index is 1.75. The number of fused-ring (bicyclic) bond motifs is 1. The van der Waals surface area contributed by atoms with E-state index in [9.17, 15) is 14.9 Å². The number of non-ortho nitro benzene ring substituents is 1. The molecule has 3 rings (SSSR count). The van der Waals surface area contributed by atoms with Crippen LogP contribution in [0.1, 0.15) is 0 Å². The molecule has 0 atom stereocenters. The fourth-order valence-electron chi connectivity index (χ4n) is 2.28. The molecule has 1 aromatic heterocycles. The van der Waals surface area contributed by atoms with E-state index in [1.54, 1.807) is 24.3 Å². The van der Waals surface area contributed by atoms with Crippen molar-refractivity contribution in [2.24, 2.45) is 0 Å². The van der Waals surface area contributed by atoms with Crippen LogP contribution in [0.5, 0.6) is 5.75 Å². The lowest BCUT2D eigenvalue weighted by Crippen LogP contribution is -2.20. The van der Waals surface area contributed by atoms with E-state index in [1.807, 2.05) is 12.1 Å². The number of hydrogen-bond donors (Lipinski definition) is 1. The van der Waals surface area contributed by atoms with Crippen LogP contribution >= 0.6 is 22.6 Å². The number of halogens is 1. The Labute approximate surface area is 156 Å². The summed E-state index contributed by atoms with van der Waals surface area (Å²) in [5.41, 5.74) is 0.957. The highest BCUT2D eigenvalue weighted by molar-refractivity contribution is 14.1. The Hall–Kier alpha value is -2.75. The number of amides is 1. The summed E-state index contributed by atoms with van der Waals surface area (Å²) in [5, 5.41) is 14.2. The van der Waals surface area contributed by atoms with Gasteiger partial charge in [0.15, 0.2) is 6.61 Å². The van der Waals surface area contributed by atoms with Gasteiger partial charge < -0.3 is 10.1 Å². The van der Waals surface area contributed by atoms with Gasteiger partial charge in [0.2, 0.25) is 0 Å². The summed E-state index contributed by atoms with van der Waals surface area (Å²) in [4.78, 5) is 26.8. The van der Waals surface area contributed by atoms with Crippen LogP contribution < -0.4 is 10.1 Å². The third-order valence-corrected chi connectivity index (χ3v) is 4.11. The fourth-order valence-corrected chi connectivity index (χ4v) is 2.64. The van der Waals surface area contributed by atoms with Crippen molar-refractivity contribution >= 4 is 50.8 Å². The second-order valence-electron chi connectivity index (χ2n) is 5.08. The maximum atomic E-state index is 12.0. The quantitative estimate of drug-likeness (QED) is 0.364. The van der Waals surface area contributed by atoms with Crippen LogP contribution in [0, 0.1) is 13.7 Å². The fraction of sp³-hybridized carbons (Fsp3) is 0.0588. The van der Waals surface area contributed by atoms with Gasteiger partial charge in [0.05, 0.1) is 10.3 Å². The maximum Gasteiger partial charge on any atom is 0.279 e. The summed E-state index contributed by atoms with van der Waals surface area (Å²) in [6, 6.07) is 13.4. The molecule has 25 heavy (non-hydrogen) atoms. The second kappa shape index (κ2) is 7.43. The van der Waals surface area contributed by atoms with E-state index in [0.717, 1.165) is 3.57 Å². The summed E-state index contributed by atoms with van der Waals surface area (Å²) < 4.78 is 6.58. The average Bonchev–Trinajstić information content (AvgIpc) is 2.61. The first-order chi connectivity index (χ1) is 12.0. The molecule has 1 amide bonds. The van der Waals surface area contributed by atoms with Gasteiger partial charge in [-0.3, -0.25) is 19.9 Å². The summed E-state index contributed by atoms with van der Waals surface area (Å²) >= 11 is 2.18. The minimum Gasteiger partial charge on any atom is -0.481 e. The molecule has 0 aliphatic carbocycles. The molecule has 0 unspecified atom stereocenters. The van der Waals surface area contributed by atoms with Crippen LogP contribution in [0.25, 0.3) is 10.9 Å². The minimum absolute atomic E-state index is 0.0567. The highest BCUT2D eigenvalue weighted by Crippen LogP contribution is 2.31. The van der Waals surface area contributed by atoms with E-state index >= 15 is 0 Å². The molecule has 0 fully saturated rings. The van der Waals surface area contributed by atoms with E-state index in [-0.39, 0.29) is 18.2 Å². The largest absolute Gasteiger partial charge is 0.481 e. The zero-order valence-electron chi connectivity index (χ0n) is 12.8. The average molecular weight is 449 g/mol. The van der Waals surface area contributed by atoms with Crippen molar-refractivity contribution in [2.75, 3.05) is 11.9 Å². The number of anilines is 1. The topological polar surface area (TPSA) is 94.4 Å². The van der Waals surface area contributed by atoms with E-state index in [1.165, 1.54) is 18.3 Å². The number of rotatable bonds is 5. The molecule has 3 aromatic rings. The minimum atomic E-state index is -0.475. The predicted octanol–water partition coefficient (Wildman–Crippen LogP) is 3.77. The molecule has 0 spiro atoms. The molecule has 0 aliphatic rings. The number of aromatic nitrogens is 1. The van der Waals surface area contributed by atoms with Crippen LogP contribution in [0.2, 0.25) is 0 Å². The van der Waals surface area contributed by atoms with Gasteiger partial charge in [-0.2, -0.15) is 0 Å². The van der Waals surface area contributed by atoms with Crippen LogP contribution in [0.3, 0.4) is 0 Å². The van der Waals surface area contributed by atoms with Crippen molar-refractivity contribution < 1.29 is 14.5 Å². The Morgan fingerprint density at radius 2 is 1.96 bits per heavy atom. The van der Waals surface area contributed by atoms with Gasteiger partial charge in [-0.25, -0.2) is 0 Å². The molecule has 7 nitrogen and oxygen atoms in total. The number of carbonyl (C=O) groups is 1. The Morgan fingerprint density at radius 3 is 2.68 bits per heavy atom. The molecule has 0 bridgehead atoms. The lowest BCUT2D eigenvalue weighted by Gasteiger charge is -2.09. The second-order valence-corrected chi connectivity index (χ2v) is 6.33. The molecular formula is C17H12IN3O4. The van der Waals surface area contributed by atoms with Crippen molar-refractivity contribution in [3.63, 3.8) is 0 Å². The molecule has 0 aliphatic heterocycles. The van der Waals surface area contributed by atoms with Crippen molar-refractivity contribution in [3.05, 3.63) is 68.4 Å². The summed E-state index contributed by atoms with van der Waals surface area (Å²) in [7, 11) is 0. The normalized spacial score (nSPS) is 10.4. The first kappa shape index (κ1) is 17.1. The smallest absolute Gasteiger partial charge is 0.279 e. The van der Waals surface area contributed by atoms with Gasteiger partial charge in [0.1, 0.15) is 11.3 Å². The molecule has 1 N–H and O–H groups in total. The lowest BCUT2D eigenvalue weighted by molar-refractivity contribution is -0.383. The van der Waals surface area contributed by atoms with Gasteiger partial charge in [-0.1, -0.05) is 0 Å². The van der Waals surface area contributed by atoms with Crippen molar-refractivity contribution in [3.8, 4) is 5.75 Å². The van der Waals surface area contributed by atoms with Crippen molar-refractivity contribution in [2.45, 2.75) is 0 Å². The van der Waals surface area contributed by atoms with Crippen LogP contribution in [-0.4, -0.2) is 22.4 Å². The summed E-state index contributed by atoms with van der Waals surface area (Å²) in [6.07, 6.45) is 1.52.